The zero-order chi connectivity index (χ0) is 10.8. The molecule has 1 heterocycles. The molecule has 1 atom stereocenters. The molecule has 0 bridgehead atoms. The Balaban J connectivity index is 2.95. The zero-order valence-corrected chi connectivity index (χ0v) is 9.39. The van der Waals surface area contributed by atoms with E-state index in [0.717, 1.165) is 32.2 Å². The molecule has 0 aromatic rings. The summed E-state index contributed by atoms with van der Waals surface area (Å²) in [6, 6.07) is 0. The van der Waals surface area contributed by atoms with Crippen molar-refractivity contribution in [2.24, 2.45) is 5.41 Å². The molecule has 1 aliphatic rings. The second kappa shape index (κ2) is 3.89. The van der Waals surface area contributed by atoms with E-state index in [1.54, 1.807) is 0 Å². The first-order valence-corrected chi connectivity index (χ1v) is 5.38. The van der Waals surface area contributed by atoms with Gasteiger partial charge in [0.05, 0.1) is 0 Å². The molecular weight excluding hydrogens is 178 g/mol. The van der Waals surface area contributed by atoms with Gasteiger partial charge < -0.3 is 10.4 Å². The topological polar surface area (TPSA) is 49.3 Å². The van der Waals surface area contributed by atoms with Gasteiger partial charge in [-0.2, -0.15) is 0 Å². The molecule has 0 aromatic heterocycles. The smallest absolute Gasteiger partial charge is 0.324 e. The van der Waals surface area contributed by atoms with Crippen molar-refractivity contribution >= 4 is 5.97 Å². The van der Waals surface area contributed by atoms with Crippen LogP contribution in [0.4, 0.5) is 0 Å². The van der Waals surface area contributed by atoms with Crippen LogP contribution in [0.3, 0.4) is 0 Å². The average molecular weight is 199 g/mol. The highest BCUT2D eigenvalue weighted by Gasteiger charge is 2.48. The maximum atomic E-state index is 11.4. The Hall–Kier alpha value is -0.570. The van der Waals surface area contributed by atoms with E-state index in [9.17, 15) is 9.90 Å². The lowest BCUT2D eigenvalue weighted by molar-refractivity contribution is -0.150. The van der Waals surface area contributed by atoms with Crippen molar-refractivity contribution in [1.29, 1.82) is 0 Å². The molecule has 1 rings (SSSR count). The minimum atomic E-state index is -0.733. The normalized spacial score (nSPS) is 29.6. The molecule has 0 aromatic carbocycles. The molecule has 3 heteroatoms. The van der Waals surface area contributed by atoms with Gasteiger partial charge in [0.15, 0.2) is 0 Å². The van der Waals surface area contributed by atoms with E-state index in [1.165, 1.54) is 0 Å². The summed E-state index contributed by atoms with van der Waals surface area (Å²) in [4.78, 5) is 11.4. The zero-order valence-electron chi connectivity index (χ0n) is 9.39. The first-order chi connectivity index (χ1) is 6.40. The van der Waals surface area contributed by atoms with Crippen molar-refractivity contribution in [3.8, 4) is 0 Å². The van der Waals surface area contributed by atoms with E-state index in [1.807, 2.05) is 20.8 Å². The minimum Gasteiger partial charge on any atom is -0.480 e. The summed E-state index contributed by atoms with van der Waals surface area (Å²) >= 11 is 0. The summed E-state index contributed by atoms with van der Waals surface area (Å²) in [6.45, 7) is 6.82. The van der Waals surface area contributed by atoms with Gasteiger partial charge in [0.2, 0.25) is 0 Å². The molecule has 2 N–H and O–H groups in total. The van der Waals surface area contributed by atoms with E-state index in [4.69, 9.17) is 0 Å². The third kappa shape index (κ3) is 1.92. The maximum absolute atomic E-state index is 11.4. The fraction of sp³-hybridized carbons (Fsp3) is 0.909. The van der Waals surface area contributed by atoms with E-state index < -0.39 is 11.5 Å². The maximum Gasteiger partial charge on any atom is 0.324 e. The highest BCUT2D eigenvalue weighted by molar-refractivity contribution is 5.80. The van der Waals surface area contributed by atoms with Crippen LogP contribution in [0.1, 0.15) is 46.5 Å². The number of aliphatic carboxylic acids is 1. The second-order valence-electron chi connectivity index (χ2n) is 5.20. The standard InChI is InChI=1S/C11H21NO2/c1-10(2,3)11(9(13)14)7-5-4-6-8-12-11/h12H,4-8H2,1-3H3,(H,13,14)/t11-/m1/s1. The van der Waals surface area contributed by atoms with Gasteiger partial charge in [-0.05, 0) is 24.8 Å². The Bertz CT molecular complexity index is 210. The first kappa shape index (κ1) is 11.5. The fourth-order valence-corrected chi connectivity index (χ4v) is 2.23. The van der Waals surface area contributed by atoms with Crippen LogP contribution in [0.25, 0.3) is 0 Å². The van der Waals surface area contributed by atoms with E-state index in [2.05, 4.69) is 5.32 Å². The van der Waals surface area contributed by atoms with Crippen molar-refractivity contribution in [3.05, 3.63) is 0 Å². The van der Waals surface area contributed by atoms with Crippen LogP contribution < -0.4 is 5.32 Å². The van der Waals surface area contributed by atoms with Gasteiger partial charge in [-0.1, -0.05) is 33.6 Å². The molecule has 0 spiro atoms. The first-order valence-electron chi connectivity index (χ1n) is 5.38. The molecule has 1 saturated heterocycles. The van der Waals surface area contributed by atoms with Gasteiger partial charge >= 0.3 is 5.97 Å². The third-order valence-electron chi connectivity index (χ3n) is 3.30. The Labute approximate surface area is 85.9 Å². The van der Waals surface area contributed by atoms with E-state index in [0.29, 0.717) is 0 Å². The average Bonchev–Trinajstić information content (AvgIpc) is 2.26. The monoisotopic (exact) mass is 199 g/mol. The largest absolute Gasteiger partial charge is 0.480 e. The van der Waals surface area contributed by atoms with Crippen molar-refractivity contribution in [2.75, 3.05) is 6.54 Å². The summed E-state index contributed by atoms with van der Waals surface area (Å²) in [5.74, 6) is -0.702. The lowest BCUT2D eigenvalue weighted by atomic mass is 9.71. The van der Waals surface area contributed by atoms with Gasteiger partial charge in [-0.3, -0.25) is 4.79 Å². The molecule has 1 aliphatic heterocycles. The highest BCUT2D eigenvalue weighted by Crippen LogP contribution is 2.36. The Morgan fingerprint density at radius 2 is 1.93 bits per heavy atom. The number of rotatable bonds is 1. The van der Waals surface area contributed by atoms with Crippen LogP contribution in [0.5, 0.6) is 0 Å². The number of carbonyl (C=O) groups is 1. The van der Waals surface area contributed by atoms with Crippen LogP contribution in [-0.4, -0.2) is 23.2 Å². The van der Waals surface area contributed by atoms with Crippen molar-refractivity contribution in [3.63, 3.8) is 0 Å². The minimum absolute atomic E-state index is 0.233. The lowest BCUT2D eigenvalue weighted by Gasteiger charge is -2.41. The summed E-state index contributed by atoms with van der Waals surface area (Å²) in [5.41, 5.74) is -0.966. The Morgan fingerprint density at radius 3 is 2.43 bits per heavy atom. The predicted octanol–water partition coefficient (Wildman–Crippen LogP) is 2.02. The van der Waals surface area contributed by atoms with E-state index in [-0.39, 0.29) is 5.41 Å². The number of nitrogens with one attached hydrogen (secondary N) is 1. The van der Waals surface area contributed by atoms with E-state index >= 15 is 0 Å². The van der Waals surface area contributed by atoms with Gasteiger partial charge in [0, 0.05) is 0 Å². The van der Waals surface area contributed by atoms with Crippen LogP contribution in [0.15, 0.2) is 0 Å². The van der Waals surface area contributed by atoms with Crippen molar-refractivity contribution in [1.82, 2.24) is 5.32 Å². The summed E-state index contributed by atoms with van der Waals surface area (Å²) in [5, 5.41) is 12.6. The van der Waals surface area contributed by atoms with Crippen molar-refractivity contribution in [2.45, 2.75) is 52.0 Å². The molecule has 1 fully saturated rings. The molecule has 0 aliphatic carbocycles. The number of carboxylic acid groups (broad SMARTS) is 1. The quantitative estimate of drug-likeness (QED) is 0.679. The molecule has 0 unspecified atom stereocenters. The fourth-order valence-electron chi connectivity index (χ4n) is 2.23. The molecule has 0 saturated carbocycles. The van der Waals surface area contributed by atoms with Gasteiger partial charge in [0.1, 0.15) is 5.54 Å². The SMILES string of the molecule is CC(C)(C)[C@]1(C(=O)O)CCCCCN1. The molecular formula is C11H21NO2. The molecule has 0 amide bonds. The van der Waals surface area contributed by atoms with Crippen LogP contribution in [-0.2, 0) is 4.79 Å². The molecule has 3 nitrogen and oxygen atoms in total. The summed E-state index contributed by atoms with van der Waals surface area (Å²) < 4.78 is 0. The van der Waals surface area contributed by atoms with Gasteiger partial charge in [0.25, 0.3) is 0 Å². The van der Waals surface area contributed by atoms with Crippen molar-refractivity contribution < 1.29 is 9.90 Å². The Kier molecular flexibility index (Phi) is 3.20. The summed E-state index contributed by atoms with van der Waals surface area (Å²) in [7, 11) is 0. The summed E-state index contributed by atoms with van der Waals surface area (Å²) in [6.07, 6.45) is 3.98. The molecule has 0 radical (unpaired) electrons. The lowest BCUT2D eigenvalue weighted by Crippen LogP contribution is -2.60. The number of carboxylic acids is 1. The van der Waals surface area contributed by atoms with Crippen LogP contribution in [0, 0.1) is 5.41 Å². The molecule has 14 heavy (non-hydrogen) atoms. The van der Waals surface area contributed by atoms with Crippen LogP contribution >= 0.6 is 0 Å². The second-order valence-corrected chi connectivity index (χ2v) is 5.20. The Morgan fingerprint density at radius 1 is 1.29 bits per heavy atom. The third-order valence-corrected chi connectivity index (χ3v) is 3.30. The van der Waals surface area contributed by atoms with Gasteiger partial charge in [-0.25, -0.2) is 0 Å². The number of hydrogen-bond donors (Lipinski definition) is 2. The predicted molar refractivity (Wildman–Crippen MR) is 56.3 cm³/mol. The number of hydrogen-bond acceptors (Lipinski definition) is 2. The van der Waals surface area contributed by atoms with Crippen LogP contribution in [0.2, 0.25) is 0 Å². The highest BCUT2D eigenvalue weighted by atomic mass is 16.4. The molecule has 82 valence electrons. The van der Waals surface area contributed by atoms with Gasteiger partial charge in [-0.15, -0.1) is 0 Å².